The predicted molar refractivity (Wildman–Crippen MR) is 96.1 cm³/mol. The molecule has 1 saturated heterocycles. The zero-order chi connectivity index (χ0) is 18.5. The number of hydrogen-bond acceptors (Lipinski definition) is 5. The molecule has 1 aromatic rings. The fraction of sp³-hybridized carbons (Fsp3) is 0.579. The number of nitrogens with two attached hydrogens (primary N) is 1. The molecule has 140 valence electrons. The van der Waals surface area contributed by atoms with Crippen LogP contribution in [0.15, 0.2) is 12.1 Å². The molecule has 0 aromatic carbocycles. The molecule has 1 aromatic heterocycles. The monoisotopic (exact) mass is 358 g/mol. The van der Waals surface area contributed by atoms with Gasteiger partial charge in [0.15, 0.2) is 0 Å². The highest BCUT2D eigenvalue weighted by molar-refractivity contribution is 6.05. The van der Waals surface area contributed by atoms with Crippen LogP contribution in [0.25, 0.3) is 0 Å². The number of nitrogens with one attached hydrogen (secondary N) is 1. The lowest BCUT2D eigenvalue weighted by molar-refractivity contribution is -0.136. The Labute approximate surface area is 153 Å². The third kappa shape index (κ3) is 4.09. The number of aryl methyl sites for hydroxylation is 1. The van der Waals surface area contributed by atoms with E-state index in [1.54, 1.807) is 0 Å². The Morgan fingerprint density at radius 2 is 1.88 bits per heavy atom. The number of fused-ring (bicyclic) bond motifs is 1. The molecule has 1 unspecified atom stereocenters. The van der Waals surface area contributed by atoms with E-state index in [1.807, 2.05) is 12.1 Å². The van der Waals surface area contributed by atoms with Crippen molar-refractivity contribution in [3.8, 4) is 0 Å². The normalized spacial score (nSPS) is 19.7. The van der Waals surface area contributed by atoms with E-state index in [0.29, 0.717) is 18.5 Å². The molecule has 26 heavy (non-hydrogen) atoms. The van der Waals surface area contributed by atoms with Gasteiger partial charge in [-0.15, -0.1) is 0 Å². The Balaban J connectivity index is 1.58. The van der Waals surface area contributed by atoms with Gasteiger partial charge in [0.1, 0.15) is 6.04 Å². The van der Waals surface area contributed by atoms with Gasteiger partial charge in [-0.2, -0.15) is 0 Å². The molecule has 0 bridgehead atoms. The minimum absolute atomic E-state index is 0.171. The smallest absolute Gasteiger partial charge is 0.256 e. The molecule has 2 aliphatic rings. The van der Waals surface area contributed by atoms with E-state index >= 15 is 0 Å². The first-order chi connectivity index (χ1) is 12.6. The van der Waals surface area contributed by atoms with Crippen molar-refractivity contribution in [1.29, 1.82) is 0 Å². The second kappa shape index (κ2) is 8.40. The number of amides is 3. The summed E-state index contributed by atoms with van der Waals surface area (Å²) in [4.78, 5) is 42.1. The molecule has 3 heterocycles. The van der Waals surface area contributed by atoms with Crippen LogP contribution in [0, 0.1) is 0 Å². The molecule has 1 fully saturated rings. The number of piperidine rings is 1. The second-order valence-electron chi connectivity index (χ2n) is 7.00. The minimum atomic E-state index is -0.583. The molecular formula is C19H26N4O3. The Kier molecular flexibility index (Phi) is 5.98. The van der Waals surface area contributed by atoms with E-state index in [4.69, 9.17) is 5.73 Å². The van der Waals surface area contributed by atoms with Gasteiger partial charge in [0, 0.05) is 12.1 Å². The van der Waals surface area contributed by atoms with Crippen molar-refractivity contribution in [2.75, 3.05) is 6.54 Å². The van der Waals surface area contributed by atoms with Crippen molar-refractivity contribution in [2.24, 2.45) is 5.73 Å². The number of carbonyl (C=O) groups is 3. The predicted octanol–water partition coefficient (Wildman–Crippen LogP) is 1.29. The fourth-order valence-corrected chi connectivity index (χ4v) is 3.60. The number of pyridine rings is 1. The van der Waals surface area contributed by atoms with Gasteiger partial charge in [0.25, 0.3) is 5.91 Å². The van der Waals surface area contributed by atoms with E-state index < -0.39 is 6.04 Å². The van der Waals surface area contributed by atoms with Gasteiger partial charge in [-0.05, 0) is 44.4 Å². The number of rotatable bonds is 8. The van der Waals surface area contributed by atoms with Crippen molar-refractivity contribution < 1.29 is 14.4 Å². The summed E-state index contributed by atoms with van der Waals surface area (Å²) in [5.41, 5.74) is 7.79. The second-order valence-corrected chi connectivity index (χ2v) is 7.00. The summed E-state index contributed by atoms with van der Waals surface area (Å²) in [5.74, 6) is -0.835. The Hall–Kier alpha value is -2.28. The lowest BCUT2D eigenvalue weighted by Crippen LogP contribution is -2.52. The van der Waals surface area contributed by atoms with Gasteiger partial charge >= 0.3 is 0 Å². The van der Waals surface area contributed by atoms with Gasteiger partial charge in [0.2, 0.25) is 11.8 Å². The number of nitrogens with zero attached hydrogens (tertiary/aromatic N) is 2. The van der Waals surface area contributed by atoms with Gasteiger partial charge in [-0.1, -0.05) is 19.3 Å². The highest BCUT2D eigenvalue weighted by Gasteiger charge is 2.39. The highest BCUT2D eigenvalue weighted by atomic mass is 16.2. The zero-order valence-corrected chi connectivity index (χ0v) is 15.0. The summed E-state index contributed by atoms with van der Waals surface area (Å²) >= 11 is 0. The highest BCUT2D eigenvalue weighted by Crippen LogP contribution is 2.26. The van der Waals surface area contributed by atoms with Crippen molar-refractivity contribution in [2.45, 2.75) is 64.0 Å². The van der Waals surface area contributed by atoms with E-state index in [-0.39, 0.29) is 24.1 Å². The van der Waals surface area contributed by atoms with Crippen molar-refractivity contribution in [3.63, 3.8) is 0 Å². The molecular weight excluding hydrogens is 332 g/mol. The van der Waals surface area contributed by atoms with E-state index in [0.717, 1.165) is 43.6 Å². The molecule has 7 nitrogen and oxygen atoms in total. The number of imide groups is 1. The third-order valence-electron chi connectivity index (χ3n) is 5.07. The van der Waals surface area contributed by atoms with Crippen LogP contribution in [0.1, 0.15) is 66.7 Å². The van der Waals surface area contributed by atoms with Crippen LogP contribution in [0.2, 0.25) is 0 Å². The van der Waals surface area contributed by atoms with Crippen LogP contribution in [-0.4, -0.2) is 40.2 Å². The number of hydrogen-bond donors (Lipinski definition) is 2. The first-order valence-corrected chi connectivity index (χ1v) is 9.43. The SMILES string of the molecule is NCCCCCCCc1ccc2c(n1)CN(C1CCC(=O)NC1=O)C2=O. The number of carbonyl (C=O) groups excluding carboxylic acids is 3. The van der Waals surface area contributed by atoms with E-state index in [2.05, 4.69) is 10.3 Å². The summed E-state index contributed by atoms with van der Waals surface area (Å²) in [6, 6.07) is 3.14. The van der Waals surface area contributed by atoms with Crippen molar-refractivity contribution in [1.82, 2.24) is 15.2 Å². The van der Waals surface area contributed by atoms with Crippen LogP contribution in [0.4, 0.5) is 0 Å². The standard InChI is InChI=1S/C19H26N4O3/c20-11-5-3-1-2-4-6-13-7-8-14-15(21-13)12-23(19(14)26)16-9-10-17(24)22-18(16)25/h7-8,16H,1-6,9-12,20H2,(H,22,24,25). The number of aromatic nitrogens is 1. The molecule has 1 atom stereocenters. The maximum Gasteiger partial charge on any atom is 0.256 e. The zero-order valence-electron chi connectivity index (χ0n) is 15.0. The van der Waals surface area contributed by atoms with Gasteiger partial charge in [-0.25, -0.2) is 0 Å². The minimum Gasteiger partial charge on any atom is -0.330 e. The molecule has 3 N–H and O–H groups in total. The molecule has 0 radical (unpaired) electrons. The van der Waals surface area contributed by atoms with Gasteiger partial charge in [-0.3, -0.25) is 24.7 Å². The quantitative estimate of drug-likeness (QED) is 0.538. The lowest BCUT2D eigenvalue weighted by atomic mass is 10.0. The topological polar surface area (TPSA) is 105 Å². The summed E-state index contributed by atoms with van der Waals surface area (Å²) in [5, 5.41) is 2.31. The largest absolute Gasteiger partial charge is 0.330 e. The van der Waals surface area contributed by atoms with Crippen LogP contribution in [0.5, 0.6) is 0 Å². The van der Waals surface area contributed by atoms with E-state index in [1.165, 1.54) is 17.7 Å². The lowest BCUT2D eigenvalue weighted by Gasteiger charge is -2.29. The van der Waals surface area contributed by atoms with Crippen LogP contribution in [-0.2, 0) is 22.6 Å². The number of unbranched alkanes of at least 4 members (excludes halogenated alkanes) is 4. The Morgan fingerprint density at radius 1 is 1.12 bits per heavy atom. The van der Waals surface area contributed by atoms with Gasteiger partial charge < -0.3 is 10.6 Å². The summed E-state index contributed by atoms with van der Waals surface area (Å²) < 4.78 is 0. The molecule has 2 aliphatic heterocycles. The first kappa shape index (κ1) is 18.5. The summed E-state index contributed by atoms with van der Waals surface area (Å²) in [6.45, 7) is 1.09. The summed E-state index contributed by atoms with van der Waals surface area (Å²) in [7, 11) is 0. The molecule has 3 rings (SSSR count). The first-order valence-electron chi connectivity index (χ1n) is 9.43. The molecule has 0 spiro atoms. The van der Waals surface area contributed by atoms with Crippen LogP contribution < -0.4 is 11.1 Å². The molecule has 7 heteroatoms. The Bertz CT molecular complexity index is 704. The maximum absolute atomic E-state index is 12.6. The van der Waals surface area contributed by atoms with Crippen molar-refractivity contribution in [3.05, 3.63) is 29.1 Å². The third-order valence-corrected chi connectivity index (χ3v) is 5.07. The average Bonchev–Trinajstić information content (AvgIpc) is 2.94. The van der Waals surface area contributed by atoms with Crippen LogP contribution in [0.3, 0.4) is 0 Å². The molecule has 0 aliphatic carbocycles. The molecule has 3 amide bonds. The Morgan fingerprint density at radius 3 is 2.65 bits per heavy atom. The maximum atomic E-state index is 12.6. The molecule has 0 saturated carbocycles. The average molecular weight is 358 g/mol. The van der Waals surface area contributed by atoms with Crippen molar-refractivity contribution >= 4 is 17.7 Å². The summed E-state index contributed by atoms with van der Waals surface area (Å²) in [6.07, 6.45) is 7.19. The fourth-order valence-electron chi connectivity index (χ4n) is 3.60. The van der Waals surface area contributed by atoms with Crippen LogP contribution >= 0.6 is 0 Å². The van der Waals surface area contributed by atoms with E-state index in [9.17, 15) is 14.4 Å². The van der Waals surface area contributed by atoms with Gasteiger partial charge in [0.05, 0.1) is 17.8 Å².